The minimum atomic E-state index is -0.420. The van der Waals surface area contributed by atoms with E-state index < -0.39 is 5.82 Å². The zero-order valence-corrected chi connectivity index (χ0v) is 17.7. The van der Waals surface area contributed by atoms with Crippen LogP contribution < -0.4 is 4.74 Å². The van der Waals surface area contributed by atoms with Crippen LogP contribution in [0.3, 0.4) is 0 Å². The molecule has 0 saturated heterocycles. The fraction of sp³-hybridized carbons (Fsp3) is 0.720. The van der Waals surface area contributed by atoms with Crippen LogP contribution >= 0.6 is 0 Å². The van der Waals surface area contributed by atoms with Crippen molar-refractivity contribution < 1.29 is 13.9 Å². The van der Waals surface area contributed by atoms with Crippen molar-refractivity contribution in [2.75, 3.05) is 0 Å². The summed E-state index contributed by atoms with van der Waals surface area (Å²) < 4.78 is 19.6. The first-order chi connectivity index (χ1) is 13.6. The van der Waals surface area contributed by atoms with Crippen LogP contribution in [-0.4, -0.2) is 5.97 Å². The van der Waals surface area contributed by atoms with Crippen molar-refractivity contribution in [2.24, 2.45) is 23.7 Å². The van der Waals surface area contributed by atoms with Crippen LogP contribution in [0.15, 0.2) is 18.2 Å². The molecule has 0 heterocycles. The third-order valence-electron chi connectivity index (χ3n) is 7.11. The molecule has 0 aromatic heterocycles. The third-order valence-corrected chi connectivity index (χ3v) is 7.11. The van der Waals surface area contributed by atoms with Gasteiger partial charge in [-0.1, -0.05) is 52.0 Å². The molecule has 0 bridgehead atoms. The summed E-state index contributed by atoms with van der Waals surface area (Å²) >= 11 is 0. The minimum Gasteiger partial charge on any atom is -0.423 e. The van der Waals surface area contributed by atoms with Gasteiger partial charge >= 0.3 is 5.97 Å². The van der Waals surface area contributed by atoms with Gasteiger partial charge in [0, 0.05) is 0 Å². The van der Waals surface area contributed by atoms with Crippen LogP contribution in [0.25, 0.3) is 0 Å². The van der Waals surface area contributed by atoms with Crippen molar-refractivity contribution in [3.63, 3.8) is 0 Å². The third kappa shape index (κ3) is 5.58. The number of hydrogen-bond donors (Lipinski definition) is 0. The number of esters is 1. The summed E-state index contributed by atoms with van der Waals surface area (Å²) in [6.07, 6.45) is 14.1. The van der Waals surface area contributed by atoms with E-state index in [0.29, 0.717) is 0 Å². The summed E-state index contributed by atoms with van der Waals surface area (Å²) in [5.41, 5.74) is 0.953. The second-order valence-corrected chi connectivity index (χ2v) is 9.12. The summed E-state index contributed by atoms with van der Waals surface area (Å²) in [5, 5.41) is 0. The number of hydrogen-bond acceptors (Lipinski definition) is 2. The van der Waals surface area contributed by atoms with E-state index in [1.165, 1.54) is 44.6 Å². The summed E-state index contributed by atoms with van der Waals surface area (Å²) in [6, 6.07) is 4.97. The van der Waals surface area contributed by atoms with Gasteiger partial charge in [0.2, 0.25) is 0 Å². The molecule has 0 radical (unpaired) electrons. The van der Waals surface area contributed by atoms with Gasteiger partial charge in [-0.15, -0.1) is 0 Å². The van der Waals surface area contributed by atoms with Gasteiger partial charge in [-0.3, -0.25) is 4.79 Å². The Balaban J connectivity index is 1.45. The molecule has 2 fully saturated rings. The first-order valence-electron chi connectivity index (χ1n) is 11.6. The largest absolute Gasteiger partial charge is 0.423 e. The number of halogens is 1. The predicted octanol–water partition coefficient (Wildman–Crippen LogP) is 7.10. The Morgan fingerprint density at radius 3 is 2.18 bits per heavy atom. The monoisotopic (exact) mass is 388 g/mol. The van der Waals surface area contributed by atoms with Gasteiger partial charge in [-0.2, -0.15) is 0 Å². The second-order valence-electron chi connectivity index (χ2n) is 9.12. The lowest BCUT2D eigenvalue weighted by atomic mass is 9.69. The molecule has 1 aromatic carbocycles. The molecule has 0 spiro atoms. The smallest absolute Gasteiger partial charge is 0.314 e. The highest BCUT2D eigenvalue weighted by atomic mass is 19.1. The molecule has 3 heteroatoms. The van der Waals surface area contributed by atoms with E-state index in [2.05, 4.69) is 13.8 Å². The van der Waals surface area contributed by atoms with E-state index in [-0.39, 0.29) is 17.6 Å². The Morgan fingerprint density at radius 2 is 1.61 bits per heavy atom. The second kappa shape index (κ2) is 10.4. The molecule has 0 aliphatic heterocycles. The van der Waals surface area contributed by atoms with E-state index in [1.807, 2.05) is 6.07 Å². The topological polar surface area (TPSA) is 26.3 Å². The van der Waals surface area contributed by atoms with E-state index in [1.54, 1.807) is 6.07 Å². The maximum absolute atomic E-state index is 14.2. The van der Waals surface area contributed by atoms with Crippen molar-refractivity contribution >= 4 is 5.97 Å². The molecule has 28 heavy (non-hydrogen) atoms. The fourth-order valence-corrected chi connectivity index (χ4v) is 5.45. The summed E-state index contributed by atoms with van der Waals surface area (Å²) in [6.45, 7) is 4.36. The van der Waals surface area contributed by atoms with Crippen LogP contribution in [0.1, 0.15) is 90.0 Å². The van der Waals surface area contributed by atoms with Gasteiger partial charge < -0.3 is 4.74 Å². The minimum absolute atomic E-state index is 0.0672. The fourth-order valence-electron chi connectivity index (χ4n) is 5.45. The lowest BCUT2D eigenvalue weighted by Gasteiger charge is -2.37. The molecule has 0 atom stereocenters. The van der Waals surface area contributed by atoms with Crippen molar-refractivity contribution in [2.45, 2.75) is 90.9 Å². The van der Waals surface area contributed by atoms with Crippen LogP contribution in [0, 0.1) is 29.5 Å². The molecule has 2 aliphatic rings. The Bertz CT molecular complexity index is 625. The predicted molar refractivity (Wildman–Crippen MR) is 112 cm³/mol. The molecular weight excluding hydrogens is 351 g/mol. The quantitative estimate of drug-likeness (QED) is 0.368. The first-order valence-corrected chi connectivity index (χ1v) is 11.6. The van der Waals surface area contributed by atoms with Crippen molar-refractivity contribution in [1.82, 2.24) is 0 Å². The van der Waals surface area contributed by atoms with Crippen LogP contribution in [-0.2, 0) is 11.2 Å². The number of aryl methyl sites for hydroxylation is 1. The standard InChI is InChI=1S/C25H37FO2/c1-3-5-18-7-10-20(11-8-18)21-12-14-22(15-13-21)25(27)28-24-16-9-19(6-4-2)17-23(24)26/h9,16-18,20-22H,3-8,10-15H2,1-2H3. The highest BCUT2D eigenvalue weighted by Gasteiger charge is 2.33. The van der Waals surface area contributed by atoms with Crippen LogP contribution in [0.5, 0.6) is 5.75 Å². The summed E-state index contributed by atoms with van der Waals surface area (Å²) in [5.74, 6) is 1.93. The molecule has 1 aromatic rings. The van der Waals surface area contributed by atoms with Crippen LogP contribution in [0.2, 0.25) is 0 Å². The summed E-state index contributed by atoms with van der Waals surface area (Å²) in [4.78, 5) is 12.5. The van der Waals surface area contributed by atoms with E-state index in [9.17, 15) is 9.18 Å². The lowest BCUT2D eigenvalue weighted by molar-refractivity contribution is -0.140. The van der Waals surface area contributed by atoms with Gasteiger partial charge in [-0.05, 0) is 80.4 Å². The van der Waals surface area contributed by atoms with Gasteiger partial charge in [0.25, 0.3) is 0 Å². The molecular formula is C25H37FO2. The van der Waals surface area contributed by atoms with E-state index in [4.69, 9.17) is 4.74 Å². The van der Waals surface area contributed by atoms with Gasteiger partial charge in [0.05, 0.1) is 5.92 Å². The van der Waals surface area contributed by atoms with Gasteiger partial charge in [-0.25, -0.2) is 4.39 Å². The highest BCUT2D eigenvalue weighted by molar-refractivity contribution is 5.75. The van der Waals surface area contributed by atoms with Gasteiger partial charge in [0.15, 0.2) is 11.6 Å². The maximum Gasteiger partial charge on any atom is 0.314 e. The number of ether oxygens (including phenoxy) is 1. The average Bonchev–Trinajstić information content (AvgIpc) is 2.71. The van der Waals surface area contributed by atoms with Crippen LogP contribution in [0.4, 0.5) is 4.39 Å². The molecule has 2 aliphatic carbocycles. The molecule has 156 valence electrons. The van der Waals surface area contributed by atoms with E-state index in [0.717, 1.165) is 61.8 Å². The first kappa shape index (κ1) is 21.3. The van der Waals surface area contributed by atoms with Gasteiger partial charge in [0.1, 0.15) is 0 Å². The van der Waals surface area contributed by atoms with Crippen molar-refractivity contribution in [1.29, 1.82) is 0 Å². The lowest BCUT2D eigenvalue weighted by Crippen LogP contribution is -2.30. The Labute approximate surface area is 170 Å². The molecule has 0 unspecified atom stereocenters. The molecule has 0 N–H and O–H groups in total. The molecule has 2 saturated carbocycles. The Hall–Kier alpha value is -1.38. The summed E-state index contributed by atoms with van der Waals surface area (Å²) in [7, 11) is 0. The normalized spacial score (nSPS) is 28.1. The molecule has 3 rings (SSSR count). The number of rotatable bonds is 7. The van der Waals surface area contributed by atoms with Crippen molar-refractivity contribution in [3.8, 4) is 5.75 Å². The number of benzene rings is 1. The highest BCUT2D eigenvalue weighted by Crippen LogP contribution is 2.42. The molecule has 0 amide bonds. The number of carbonyl (C=O) groups excluding carboxylic acids is 1. The average molecular weight is 389 g/mol. The molecule has 2 nitrogen and oxygen atoms in total. The zero-order valence-electron chi connectivity index (χ0n) is 17.7. The van der Waals surface area contributed by atoms with Crippen molar-refractivity contribution in [3.05, 3.63) is 29.6 Å². The number of carbonyl (C=O) groups is 1. The zero-order chi connectivity index (χ0) is 19.9. The van der Waals surface area contributed by atoms with E-state index >= 15 is 0 Å². The SMILES string of the molecule is CCCc1ccc(OC(=O)C2CCC(C3CCC(CCC)CC3)CC2)c(F)c1. The maximum atomic E-state index is 14.2. The Kier molecular flexibility index (Phi) is 7.93. The Morgan fingerprint density at radius 1 is 0.964 bits per heavy atom.